The van der Waals surface area contributed by atoms with E-state index in [0.29, 0.717) is 0 Å². The van der Waals surface area contributed by atoms with Gasteiger partial charge in [0, 0.05) is 7.14 Å². The van der Waals surface area contributed by atoms with Gasteiger partial charge in [0.2, 0.25) is 0 Å². The van der Waals surface area contributed by atoms with Crippen molar-refractivity contribution in [1.29, 1.82) is 0 Å². The smallest absolute Gasteiger partial charge is 0.0159 e. The van der Waals surface area contributed by atoms with Crippen LogP contribution in [0.15, 0.2) is 36.4 Å². The van der Waals surface area contributed by atoms with Crippen molar-refractivity contribution in [3.8, 4) is 11.1 Å². The quantitative estimate of drug-likeness (QED) is 0.543. The maximum absolute atomic E-state index is 2.37. The number of rotatable bonds is 1. The van der Waals surface area contributed by atoms with Crippen LogP contribution in [0.5, 0.6) is 0 Å². The summed E-state index contributed by atoms with van der Waals surface area (Å²) in [5.41, 5.74) is 5.29. The fourth-order valence-electron chi connectivity index (χ4n) is 1.65. The Labute approximate surface area is 124 Å². The zero-order valence-corrected chi connectivity index (χ0v) is 13.5. The zero-order chi connectivity index (χ0) is 11.7. The zero-order valence-electron chi connectivity index (χ0n) is 9.22. The molecule has 2 rings (SSSR count). The molecule has 0 saturated heterocycles. The van der Waals surface area contributed by atoms with Crippen molar-refractivity contribution >= 4 is 45.2 Å². The predicted molar refractivity (Wildman–Crippen MR) is 86.8 cm³/mol. The van der Waals surface area contributed by atoms with Crippen LogP contribution < -0.4 is 0 Å². The van der Waals surface area contributed by atoms with Crippen LogP contribution in [0.3, 0.4) is 0 Å². The third kappa shape index (κ3) is 2.59. The Morgan fingerprint density at radius 3 is 1.38 bits per heavy atom. The van der Waals surface area contributed by atoms with Crippen molar-refractivity contribution in [3.05, 3.63) is 54.7 Å². The highest BCUT2D eigenvalue weighted by molar-refractivity contribution is 14.1. The lowest BCUT2D eigenvalue weighted by molar-refractivity contribution is 1.40. The van der Waals surface area contributed by atoms with Crippen LogP contribution in [0.25, 0.3) is 11.1 Å². The van der Waals surface area contributed by atoms with E-state index < -0.39 is 0 Å². The molecule has 0 aliphatic carbocycles. The van der Waals surface area contributed by atoms with Crippen LogP contribution in [0.1, 0.15) is 11.1 Å². The SMILES string of the molecule is Cc1cc(-c2ccc(I)c(C)c2)ccc1I. The van der Waals surface area contributed by atoms with E-state index >= 15 is 0 Å². The molecule has 16 heavy (non-hydrogen) atoms. The van der Waals surface area contributed by atoms with Gasteiger partial charge in [-0.15, -0.1) is 0 Å². The van der Waals surface area contributed by atoms with E-state index in [-0.39, 0.29) is 0 Å². The van der Waals surface area contributed by atoms with Crippen LogP contribution in [0.4, 0.5) is 0 Å². The number of hydrogen-bond donors (Lipinski definition) is 0. The second kappa shape index (κ2) is 5.04. The number of hydrogen-bond acceptors (Lipinski definition) is 0. The highest BCUT2D eigenvalue weighted by Gasteiger charge is 2.02. The molecule has 82 valence electrons. The van der Waals surface area contributed by atoms with Crippen molar-refractivity contribution in [3.63, 3.8) is 0 Å². The molecule has 0 nitrogen and oxygen atoms in total. The van der Waals surface area contributed by atoms with Crippen molar-refractivity contribution < 1.29 is 0 Å². The van der Waals surface area contributed by atoms with E-state index in [4.69, 9.17) is 0 Å². The van der Waals surface area contributed by atoms with E-state index in [9.17, 15) is 0 Å². The van der Waals surface area contributed by atoms with Crippen LogP contribution in [-0.2, 0) is 0 Å². The number of halogens is 2. The molecule has 0 unspecified atom stereocenters. The minimum Gasteiger partial charge on any atom is -0.0533 e. The molecule has 0 atom stereocenters. The molecule has 0 aliphatic rings. The van der Waals surface area contributed by atoms with Gasteiger partial charge in [-0.2, -0.15) is 0 Å². The summed E-state index contributed by atoms with van der Waals surface area (Å²) in [6.07, 6.45) is 0. The standard InChI is InChI=1S/C14H12I2/c1-9-7-11(3-5-13(9)15)12-4-6-14(16)10(2)8-12/h3-8H,1-2H3. The van der Waals surface area contributed by atoms with Gasteiger partial charge in [0.15, 0.2) is 0 Å². The first-order valence-electron chi connectivity index (χ1n) is 5.10. The van der Waals surface area contributed by atoms with Gasteiger partial charge in [-0.05, 0) is 93.4 Å². The third-order valence-electron chi connectivity index (χ3n) is 2.65. The Bertz CT molecular complexity index is 481. The lowest BCUT2D eigenvalue weighted by Gasteiger charge is -2.07. The van der Waals surface area contributed by atoms with E-state index in [0.717, 1.165) is 0 Å². The maximum Gasteiger partial charge on any atom is 0.0159 e. The third-order valence-corrected chi connectivity index (χ3v) is 5.07. The number of benzene rings is 2. The molecule has 2 aromatic rings. The topological polar surface area (TPSA) is 0 Å². The minimum absolute atomic E-state index is 1.30. The van der Waals surface area contributed by atoms with Crippen LogP contribution >= 0.6 is 45.2 Å². The summed E-state index contributed by atoms with van der Waals surface area (Å²) in [5.74, 6) is 0. The molecule has 2 heteroatoms. The molecule has 0 amide bonds. The van der Waals surface area contributed by atoms with Gasteiger partial charge in [-0.25, -0.2) is 0 Å². The average Bonchev–Trinajstić information content (AvgIpc) is 2.26. The van der Waals surface area contributed by atoms with Crippen LogP contribution in [-0.4, -0.2) is 0 Å². The van der Waals surface area contributed by atoms with Crippen LogP contribution in [0.2, 0.25) is 0 Å². The molecule has 0 N–H and O–H groups in total. The second-order valence-electron chi connectivity index (χ2n) is 3.93. The molecule has 0 fully saturated rings. The van der Waals surface area contributed by atoms with E-state index in [1.54, 1.807) is 0 Å². The Morgan fingerprint density at radius 2 is 1.06 bits per heavy atom. The van der Waals surface area contributed by atoms with Gasteiger partial charge in [0.1, 0.15) is 0 Å². The van der Waals surface area contributed by atoms with E-state index in [1.807, 2.05) is 0 Å². The van der Waals surface area contributed by atoms with Crippen LogP contribution in [0, 0.1) is 21.0 Å². The summed E-state index contributed by atoms with van der Waals surface area (Å²) in [4.78, 5) is 0. The summed E-state index contributed by atoms with van der Waals surface area (Å²) in [6, 6.07) is 13.2. The fraction of sp³-hybridized carbons (Fsp3) is 0.143. The van der Waals surface area contributed by atoms with E-state index in [1.165, 1.54) is 29.4 Å². The monoisotopic (exact) mass is 434 g/mol. The summed E-state index contributed by atoms with van der Waals surface area (Å²) < 4.78 is 2.65. The normalized spacial score (nSPS) is 10.5. The minimum atomic E-state index is 1.30. The van der Waals surface area contributed by atoms with E-state index in [2.05, 4.69) is 95.4 Å². The Morgan fingerprint density at radius 1 is 0.688 bits per heavy atom. The first kappa shape index (κ1) is 12.4. The summed E-state index contributed by atoms with van der Waals surface area (Å²) in [6.45, 7) is 4.32. The Balaban J connectivity index is 2.50. The van der Waals surface area contributed by atoms with Gasteiger partial charge in [0.05, 0.1) is 0 Å². The van der Waals surface area contributed by atoms with Gasteiger partial charge in [-0.3, -0.25) is 0 Å². The first-order valence-corrected chi connectivity index (χ1v) is 7.26. The average molecular weight is 434 g/mol. The molecule has 0 aromatic heterocycles. The van der Waals surface area contributed by atoms with Crippen molar-refractivity contribution in [2.45, 2.75) is 13.8 Å². The fourth-order valence-corrected chi connectivity index (χ4v) is 2.32. The molecule has 0 aliphatic heterocycles. The molecule has 0 radical (unpaired) electrons. The molecule has 0 bridgehead atoms. The first-order chi connectivity index (χ1) is 7.58. The lowest BCUT2D eigenvalue weighted by Crippen LogP contribution is -1.86. The molecular formula is C14H12I2. The summed E-state index contributed by atoms with van der Waals surface area (Å²) >= 11 is 4.74. The predicted octanol–water partition coefficient (Wildman–Crippen LogP) is 5.18. The largest absolute Gasteiger partial charge is 0.0533 e. The molecule has 2 aromatic carbocycles. The van der Waals surface area contributed by atoms with Gasteiger partial charge in [-0.1, -0.05) is 24.3 Å². The van der Waals surface area contributed by atoms with Gasteiger partial charge in [0.25, 0.3) is 0 Å². The Kier molecular flexibility index (Phi) is 3.89. The molecule has 0 heterocycles. The van der Waals surface area contributed by atoms with Gasteiger partial charge < -0.3 is 0 Å². The molecule has 0 spiro atoms. The van der Waals surface area contributed by atoms with Crippen molar-refractivity contribution in [2.24, 2.45) is 0 Å². The second-order valence-corrected chi connectivity index (χ2v) is 6.25. The summed E-state index contributed by atoms with van der Waals surface area (Å²) in [5, 5.41) is 0. The van der Waals surface area contributed by atoms with Crippen molar-refractivity contribution in [2.75, 3.05) is 0 Å². The highest BCUT2D eigenvalue weighted by atomic mass is 127. The molecule has 0 saturated carbocycles. The maximum atomic E-state index is 2.37. The lowest BCUT2D eigenvalue weighted by atomic mass is 10.0. The number of aryl methyl sites for hydroxylation is 2. The highest BCUT2D eigenvalue weighted by Crippen LogP contribution is 2.25. The van der Waals surface area contributed by atoms with Gasteiger partial charge >= 0.3 is 0 Å². The van der Waals surface area contributed by atoms with Crippen molar-refractivity contribution in [1.82, 2.24) is 0 Å². The summed E-state index contributed by atoms with van der Waals surface area (Å²) in [7, 11) is 0. The Hall–Kier alpha value is -0.100. The molecular weight excluding hydrogens is 422 g/mol.